The molecule has 1 unspecified atom stereocenters. The van der Waals surface area contributed by atoms with Crippen molar-refractivity contribution < 1.29 is 14.6 Å². The number of ether oxygens (including phenoxy) is 1. The molecule has 0 bridgehead atoms. The quantitative estimate of drug-likeness (QED) is 0.681. The van der Waals surface area contributed by atoms with Crippen molar-refractivity contribution in [1.82, 2.24) is 4.98 Å². The molecule has 1 aliphatic rings. The summed E-state index contributed by atoms with van der Waals surface area (Å²) in [5.41, 5.74) is 0.615. The van der Waals surface area contributed by atoms with E-state index in [-0.39, 0.29) is 22.2 Å². The van der Waals surface area contributed by atoms with Crippen LogP contribution < -0.4 is 5.06 Å². The van der Waals surface area contributed by atoms with E-state index in [2.05, 4.69) is 4.98 Å². The first-order valence-corrected chi connectivity index (χ1v) is 6.70. The molecule has 1 aliphatic heterocycles. The van der Waals surface area contributed by atoms with Crippen molar-refractivity contribution in [2.75, 3.05) is 0 Å². The summed E-state index contributed by atoms with van der Waals surface area (Å²) in [6.45, 7) is 0. The van der Waals surface area contributed by atoms with Crippen molar-refractivity contribution in [1.29, 1.82) is 0 Å². The lowest BCUT2D eigenvalue weighted by molar-refractivity contribution is -0.714. The number of nitrogens with zero attached hydrogens (tertiary/aromatic N) is 1. The van der Waals surface area contributed by atoms with Crippen LogP contribution in [0, 0.1) is 5.21 Å². The van der Waals surface area contributed by atoms with Crippen LogP contribution in [0.15, 0.2) is 42.7 Å². The Hall–Kier alpha value is -1.92. The van der Waals surface area contributed by atoms with Crippen LogP contribution in [-0.2, 0) is 4.74 Å². The minimum Gasteiger partial charge on any atom is -0.623 e. The number of benzene rings is 1. The lowest BCUT2D eigenvalue weighted by atomic mass is 10.2. The topological polar surface area (TPSA) is 66.7 Å². The molecule has 0 fully saturated rings. The van der Waals surface area contributed by atoms with Gasteiger partial charge in [-0.05, 0) is 24.3 Å². The number of hydrogen-bond donors (Lipinski definition) is 1. The van der Waals surface area contributed by atoms with Crippen LogP contribution in [0.5, 0.6) is 0 Å². The third-order valence-electron chi connectivity index (χ3n) is 2.91. The molecule has 1 N–H and O–H groups in total. The predicted octanol–water partition coefficient (Wildman–Crippen LogP) is 2.57. The highest BCUT2D eigenvalue weighted by molar-refractivity contribution is 6.32. The molecular formula is C14H8Cl2N2O3. The highest BCUT2D eigenvalue weighted by atomic mass is 35.5. The second-order valence-electron chi connectivity index (χ2n) is 4.29. The number of carbonyl (C=O) groups excluding carboxylic acids is 1. The normalized spacial score (nSPS) is 16.3. The summed E-state index contributed by atoms with van der Waals surface area (Å²) in [5.74, 6) is -0.348. The maximum atomic E-state index is 12.1. The Balaban J connectivity index is 1.91. The van der Waals surface area contributed by atoms with Gasteiger partial charge < -0.3 is 9.94 Å². The largest absolute Gasteiger partial charge is 0.623 e. The van der Waals surface area contributed by atoms with E-state index in [4.69, 9.17) is 27.9 Å². The minimum absolute atomic E-state index is 0.0954. The lowest BCUT2D eigenvalue weighted by Crippen LogP contribution is -2.96. The van der Waals surface area contributed by atoms with Crippen LogP contribution in [0.1, 0.15) is 15.9 Å². The van der Waals surface area contributed by atoms with Gasteiger partial charge in [-0.3, -0.25) is 5.06 Å². The van der Waals surface area contributed by atoms with Crippen LogP contribution in [-0.4, -0.2) is 11.0 Å². The van der Waals surface area contributed by atoms with Crippen LogP contribution in [0.4, 0.5) is 5.82 Å². The fourth-order valence-corrected chi connectivity index (χ4v) is 2.40. The number of nitrogens with one attached hydrogen (secondary N) is 1. The van der Waals surface area contributed by atoms with E-state index in [1.165, 1.54) is 24.5 Å². The Morgan fingerprint density at radius 3 is 2.86 bits per heavy atom. The van der Waals surface area contributed by atoms with Gasteiger partial charge in [0.25, 0.3) is 0 Å². The molecule has 7 heteroatoms. The van der Waals surface area contributed by atoms with E-state index in [0.29, 0.717) is 15.6 Å². The van der Waals surface area contributed by atoms with Gasteiger partial charge in [-0.15, -0.1) is 0 Å². The fraction of sp³-hybridized carbons (Fsp3) is 0. The molecule has 106 valence electrons. The van der Waals surface area contributed by atoms with Gasteiger partial charge in [0.1, 0.15) is 11.8 Å². The molecule has 1 aromatic carbocycles. The van der Waals surface area contributed by atoms with E-state index >= 15 is 0 Å². The first-order valence-electron chi connectivity index (χ1n) is 5.95. The number of fused-ring (bicyclic) bond motifs is 1. The van der Waals surface area contributed by atoms with Crippen LogP contribution in [0.2, 0.25) is 10.0 Å². The molecule has 2 heterocycles. The van der Waals surface area contributed by atoms with E-state index in [1.807, 2.05) is 0 Å². The number of aromatic nitrogens is 1. The number of hydroxylamine groups is 1. The SMILES string of the molecule is O=C(OC1=C[NH+]([O-])c2nccc(Cl)c21)c1cccc(Cl)c1. The number of quaternary nitrogens is 1. The first-order chi connectivity index (χ1) is 10.1. The summed E-state index contributed by atoms with van der Waals surface area (Å²) in [4.78, 5) is 16.0. The van der Waals surface area contributed by atoms with Gasteiger partial charge in [0.05, 0.1) is 10.6 Å². The molecule has 2 aromatic rings. The fourth-order valence-electron chi connectivity index (χ4n) is 1.97. The van der Waals surface area contributed by atoms with Gasteiger partial charge in [0.2, 0.25) is 11.6 Å². The Labute approximate surface area is 129 Å². The Bertz CT molecular complexity index is 762. The Morgan fingerprint density at radius 1 is 1.29 bits per heavy atom. The van der Waals surface area contributed by atoms with Crippen molar-refractivity contribution in [3.63, 3.8) is 0 Å². The van der Waals surface area contributed by atoms with Gasteiger partial charge >= 0.3 is 5.97 Å². The van der Waals surface area contributed by atoms with Crippen molar-refractivity contribution in [3.8, 4) is 0 Å². The zero-order chi connectivity index (χ0) is 15.0. The number of hydrogen-bond acceptors (Lipinski definition) is 4. The lowest BCUT2D eigenvalue weighted by Gasteiger charge is -2.10. The number of halogens is 2. The van der Waals surface area contributed by atoms with Gasteiger partial charge in [-0.2, -0.15) is 0 Å². The second kappa shape index (κ2) is 5.46. The van der Waals surface area contributed by atoms with Crippen molar-refractivity contribution in [2.24, 2.45) is 0 Å². The monoisotopic (exact) mass is 322 g/mol. The van der Waals surface area contributed by atoms with Gasteiger partial charge in [-0.1, -0.05) is 29.3 Å². The molecular weight excluding hydrogens is 315 g/mol. The molecule has 0 radical (unpaired) electrons. The second-order valence-corrected chi connectivity index (χ2v) is 5.13. The number of carbonyl (C=O) groups is 1. The summed E-state index contributed by atoms with van der Waals surface area (Å²) in [6.07, 6.45) is 2.63. The smallest absolute Gasteiger partial charge is 0.343 e. The van der Waals surface area contributed by atoms with Gasteiger partial charge in [0, 0.05) is 11.2 Å². The van der Waals surface area contributed by atoms with Crippen LogP contribution in [0.25, 0.3) is 5.76 Å². The molecule has 1 atom stereocenters. The van der Waals surface area contributed by atoms with Crippen LogP contribution in [0.3, 0.4) is 0 Å². The summed E-state index contributed by atoms with van der Waals surface area (Å²) < 4.78 is 5.25. The van der Waals surface area contributed by atoms with Crippen LogP contribution >= 0.6 is 23.2 Å². The first kappa shape index (κ1) is 14.0. The molecule has 0 saturated heterocycles. The molecule has 0 amide bonds. The van der Waals surface area contributed by atoms with E-state index < -0.39 is 5.97 Å². The van der Waals surface area contributed by atoms with Crippen molar-refractivity contribution in [2.45, 2.75) is 0 Å². The van der Waals surface area contributed by atoms with E-state index in [1.54, 1.807) is 18.2 Å². The number of pyridine rings is 1. The molecule has 1 aromatic heterocycles. The zero-order valence-electron chi connectivity index (χ0n) is 10.5. The summed E-state index contributed by atoms with van der Waals surface area (Å²) in [7, 11) is 0. The minimum atomic E-state index is -0.621. The highest BCUT2D eigenvalue weighted by Gasteiger charge is 2.29. The molecule has 0 saturated carbocycles. The van der Waals surface area contributed by atoms with E-state index in [0.717, 1.165) is 0 Å². The molecule has 0 spiro atoms. The van der Waals surface area contributed by atoms with Crippen molar-refractivity contribution in [3.05, 3.63) is 69.1 Å². The summed E-state index contributed by atoms with van der Waals surface area (Å²) in [6, 6.07) is 7.85. The molecule has 21 heavy (non-hydrogen) atoms. The third-order valence-corrected chi connectivity index (χ3v) is 3.46. The average Bonchev–Trinajstić information content (AvgIpc) is 2.77. The Kier molecular flexibility index (Phi) is 3.65. The summed E-state index contributed by atoms with van der Waals surface area (Å²) in [5, 5.41) is 12.2. The molecule has 0 aliphatic carbocycles. The highest BCUT2D eigenvalue weighted by Crippen LogP contribution is 2.31. The maximum Gasteiger partial charge on any atom is 0.343 e. The third kappa shape index (κ3) is 2.64. The standard InChI is InChI=1S/C14H8Cl2N2O3/c15-9-3-1-2-8(6-9)14(19)21-11-7-18(20)13-12(11)10(16)4-5-17-13/h1-7,18H. The number of esters is 1. The molecule has 5 nitrogen and oxygen atoms in total. The zero-order valence-corrected chi connectivity index (χ0v) is 12.0. The number of rotatable bonds is 2. The van der Waals surface area contributed by atoms with Gasteiger partial charge in [-0.25, -0.2) is 9.78 Å². The van der Waals surface area contributed by atoms with Crippen molar-refractivity contribution >= 4 is 40.7 Å². The van der Waals surface area contributed by atoms with Gasteiger partial charge in [0.15, 0.2) is 0 Å². The molecule has 3 rings (SSSR count). The average molecular weight is 323 g/mol. The van der Waals surface area contributed by atoms with E-state index in [9.17, 15) is 10.0 Å². The summed E-state index contributed by atoms with van der Waals surface area (Å²) >= 11 is 11.9. The predicted molar refractivity (Wildman–Crippen MR) is 78.1 cm³/mol. The maximum absolute atomic E-state index is 12.1. The Morgan fingerprint density at radius 2 is 2.10 bits per heavy atom.